The van der Waals surface area contributed by atoms with E-state index in [2.05, 4.69) is 71.9 Å². The number of benzene rings is 2. The van der Waals surface area contributed by atoms with E-state index in [0.29, 0.717) is 0 Å². The average molecular weight is 318 g/mol. The van der Waals surface area contributed by atoms with Gasteiger partial charge < -0.3 is 0 Å². The Hall–Kier alpha value is -0.863. The first kappa shape index (κ1) is 13.6. The minimum atomic E-state index is -0.705. The van der Waals surface area contributed by atoms with Crippen LogP contribution in [0.5, 0.6) is 0 Å². The van der Waals surface area contributed by atoms with Gasteiger partial charge in [0.1, 0.15) is 8.80 Å². The fourth-order valence-electron chi connectivity index (χ4n) is 2.26. The predicted octanol–water partition coefficient (Wildman–Crippen LogP) is 4.79. The van der Waals surface area contributed by atoms with E-state index in [4.69, 9.17) is 0 Å². The summed E-state index contributed by atoms with van der Waals surface area (Å²) in [7, 11) is -0.705. The quantitative estimate of drug-likeness (QED) is 0.695. The fourth-order valence-corrected chi connectivity index (χ4v) is 5.88. The molecule has 0 aliphatic rings. The van der Waals surface area contributed by atoms with E-state index in [1.165, 1.54) is 39.0 Å². The molecule has 2 aromatic carbocycles. The van der Waals surface area contributed by atoms with E-state index >= 15 is 0 Å². The van der Waals surface area contributed by atoms with Crippen LogP contribution in [0.3, 0.4) is 0 Å². The van der Waals surface area contributed by atoms with Crippen LogP contribution in [-0.4, -0.2) is 8.80 Å². The zero-order chi connectivity index (χ0) is 13.0. The molecule has 0 N–H and O–H groups in total. The molecule has 0 amide bonds. The lowest BCUT2D eigenvalue weighted by Gasteiger charge is -2.16. The molecular weight excluding hydrogens is 300 g/mol. The van der Waals surface area contributed by atoms with Crippen LogP contribution in [0.15, 0.2) is 53.1 Å². The summed E-state index contributed by atoms with van der Waals surface area (Å²) in [4.78, 5) is 0. The Labute approximate surface area is 119 Å². The fraction of sp³-hybridized carbons (Fsp3) is 0.250. The van der Waals surface area contributed by atoms with Gasteiger partial charge in [-0.05, 0) is 20.1 Å². The van der Waals surface area contributed by atoms with Gasteiger partial charge in [-0.25, -0.2) is 0 Å². The van der Waals surface area contributed by atoms with Crippen LogP contribution in [0.4, 0.5) is 0 Å². The van der Waals surface area contributed by atoms with Crippen molar-refractivity contribution in [2.45, 2.75) is 25.8 Å². The standard InChI is InChI=1S/C16H18BrSi/c1-3-4-12-18(13(2)17)16-11-7-9-14-8-5-6-10-15(14)16/h5-11H,2-4,12H2,1H3. The molecule has 0 unspecified atom stereocenters. The Morgan fingerprint density at radius 3 is 2.61 bits per heavy atom. The lowest BCUT2D eigenvalue weighted by Crippen LogP contribution is -2.30. The summed E-state index contributed by atoms with van der Waals surface area (Å²) >= 11 is 3.64. The third-order valence-corrected chi connectivity index (χ3v) is 7.25. The number of halogens is 1. The highest BCUT2D eigenvalue weighted by molar-refractivity contribution is 9.12. The van der Waals surface area contributed by atoms with Crippen molar-refractivity contribution < 1.29 is 0 Å². The summed E-state index contributed by atoms with van der Waals surface area (Å²) in [6.45, 7) is 6.40. The average Bonchev–Trinajstić information content (AvgIpc) is 2.39. The lowest BCUT2D eigenvalue weighted by molar-refractivity contribution is 0.878. The highest BCUT2D eigenvalue weighted by Crippen LogP contribution is 2.19. The molecule has 2 aromatic rings. The highest BCUT2D eigenvalue weighted by Gasteiger charge is 2.17. The number of unbranched alkanes of at least 4 members (excludes halogenated alkanes) is 1. The third-order valence-electron chi connectivity index (χ3n) is 3.22. The summed E-state index contributed by atoms with van der Waals surface area (Å²) in [6, 6.07) is 16.6. The van der Waals surface area contributed by atoms with Gasteiger partial charge in [-0.15, -0.1) is 0 Å². The molecule has 93 valence electrons. The van der Waals surface area contributed by atoms with Crippen LogP contribution in [0.2, 0.25) is 6.04 Å². The lowest BCUT2D eigenvalue weighted by atomic mass is 10.1. The van der Waals surface area contributed by atoms with Crippen molar-refractivity contribution >= 4 is 40.7 Å². The maximum atomic E-state index is 4.15. The van der Waals surface area contributed by atoms with Gasteiger partial charge in [-0.3, -0.25) is 0 Å². The first-order valence-corrected chi connectivity index (χ1v) is 8.92. The highest BCUT2D eigenvalue weighted by atomic mass is 79.9. The summed E-state index contributed by atoms with van der Waals surface area (Å²) in [6.07, 6.45) is 2.53. The predicted molar refractivity (Wildman–Crippen MR) is 87.1 cm³/mol. The number of rotatable bonds is 5. The number of hydrogen-bond acceptors (Lipinski definition) is 0. The van der Waals surface area contributed by atoms with Crippen molar-refractivity contribution in [1.82, 2.24) is 0 Å². The van der Waals surface area contributed by atoms with Gasteiger partial charge in [0.05, 0.1) is 0 Å². The molecule has 0 fully saturated rings. The molecule has 0 saturated carbocycles. The monoisotopic (exact) mass is 317 g/mol. The summed E-state index contributed by atoms with van der Waals surface area (Å²) < 4.78 is 1.19. The van der Waals surface area contributed by atoms with Crippen molar-refractivity contribution in [3.8, 4) is 0 Å². The van der Waals surface area contributed by atoms with Crippen molar-refractivity contribution in [1.29, 1.82) is 0 Å². The van der Waals surface area contributed by atoms with Crippen LogP contribution in [-0.2, 0) is 0 Å². The van der Waals surface area contributed by atoms with Gasteiger partial charge in [-0.1, -0.05) is 90.8 Å². The number of fused-ring (bicyclic) bond motifs is 1. The van der Waals surface area contributed by atoms with Gasteiger partial charge in [0.25, 0.3) is 0 Å². The molecule has 1 radical (unpaired) electrons. The first-order valence-electron chi connectivity index (χ1n) is 6.42. The topological polar surface area (TPSA) is 0 Å². The third kappa shape index (κ3) is 2.93. The first-order chi connectivity index (χ1) is 8.74. The molecule has 0 nitrogen and oxygen atoms in total. The zero-order valence-corrected chi connectivity index (χ0v) is 13.3. The Kier molecular flexibility index (Phi) is 4.78. The second-order valence-corrected chi connectivity index (χ2v) is 8.80. The van der Waals surface area contributed by atoms with Crippen LogP contribution in [0.25, 0.3) is 10.8 Å². The van der Waals surface area contributed by atoms with Crippen molar-refractivity contribution in [3.05, 3.63) is 53.1 Å². The minimum absolute atomic E-state index is 0.705. The van der Waals surface area contributed by atoms with E-state index in [1.54, 1.807) is 0 Å². The molecule has 0 spiro atoms. The Morgan fingerprint density at radius 2 is 1.89 bits per heavy atom. The molecule has 2 rings (SSSR count). The zero-order valence-electron chi connectivity index (χ0n) is 10.7. The van der Waals surface area contributed by atoms with E-state index in [-0.39, 0.29) is 0 Å². The Morgan fingerprint density at radius 1 is 1.17 bits per heavy atom. The van der Waals surface area contributed by atoms with Crippen LogP contribution < -0.4 is 5.19 Å². The largest absolute Gasteiger partial charge is 0.130 e. The summed E-state index contributed by atoms with van der Waals surface area (Å²) in [5.41, 5.74) is 0. The Bertz CT molecular complexity index is 542. The van der Waals surface area contributed by atoms with Crippen LogP contribution in [0.1, 0.15) is 19.8 Å². The van der Waals surface area contributed by atoms with Gasteiger partial charge in [0, 0.05) is 0 Å². The molecule has 0 saturated heterocycles. The molecule has 0 heterocycles. The minimum Gasteiger partial charge on any atom is -0.0928 e. The second kappa shape index (κ2) is 6.35. The molecule has 0 atom stereocenters. The van der Waals surface area contributed by atoms with Crippen molar-refractivity contribution in [3.63, 3.8) is 0 Å². The summed E-state index contributed by atoms with van der Waals surface area (Å²) in [5, 5.41) is 4.22. The normalized spacial score (nSPS) is 11.1. The van der Waals surface area contributed by atoms with E-state index in [1.807, 2.05) is 0 Å². The molecule has 0 aliphatic carbocycles. The maximum absolute atomic E-state index is 4.15. The van der Waals surface area contributed by atoms with E-state index < -0.39 is 8.80 Å². The number of hydrogen-bond donors (Lipinski definition) is 0. The van der Waals surface area contributed by atoms with E-state index in [9.17, 15) is 0 Å². The molecule has 0 bridgehead atoms. The van der Waals surface area contributed by atoms with Crippen LogP contribution >= 0.6 is 15.9 Å². The Balaban J connectivity index is 2.46. The second-order valence-electron chi connectivity index (χ2n) is 4.51. The van der Waals surface area contributed by atoms with Crippen molar-refractivity contribution in [2.75, 3.05) is 0 Å². The van der Waals surface area contributed by atoms with Gasteiger partial charge >= 0.3 is 0 Å². The molecule has 2 heteroatoms. The molecule has 0 aromatic heterocycles. The molecule has 0 aliphatic heterocycles. The van der Waals surface area contributed by atoms with Gasteiger partial charge in [0.15, 0.2) is 0 Å². The van der Waals surface area contributed by atoms with Gasteiger partial charge in [0.2, 0.25) is 0 Å². The smallest absolute Gasteiger partial charge is 0.0928 e. The summed E-state index contributed by atoms with van der Waals surface area (Å²) in [5.74, 6) is 0. The molecular formula is C16H18BrSi. The molecule has 18 heavy (non-hydrogen) atoms. The van der Waals surface area contributed by atoms with Gasteiger partial charge in [-0.2, -0.15) is 0 Å². The van der Waals surface area contributed by atoms with Crippen LogP contribution in [0, 0.1) is 0 Å². The van der Waals surface area contributed by atoms with Crippen molar-refractivity contribution in [2.24, 2.45) is 0 Å². The maximum Gasteiger partial charge on any atom is 0.130 e. The SMILES string of the molecule is C=C(Br)[Si](CCCC)c1cccc2ccccc12. The van der Waals surface area contributed by atoms with E-state index in [0.717, 1.165) is 0 Å².